The number of aromatic carboxylic acids is 1. The molecule has 1 fully saturated rings. The van der Waals surface area contributed by atoms with E-state index in [1.54, 1.807) is 4.90 Å². The molecular formula is C10H16N6O3. The van der Waals surface area contributed by atoms with E-state index in [4.69, 9.17) is 10.8 Å². The summed E-state index contributed by atoms with van der Waals surface area (Å²) in [6, 6.07) is -0.112. The first kappa shape index (κ1) is 13.3. The molecule has 0 aromatic carbocycles. The summed E-state index contributed by atoms with van der Waals surface area (Å²) in [5.41, 5.74) is 5.88. The summed E-state index contributed by atoms with van der Waals surface area (Å²) in [5, 5.41) is 19.1. The molecule has 1 aliphatic heterocycles. The second-order valence-electron chi connectivity index (χ2n) is 4.17. The van der Waals surface area contributed by atoms with Gasteiger partial charge < -0.3 is 21.1 Å². The molecule has 19 heavy (non-hydrogen) atoms. The van der Waals surface area contributed by atoms with Gasteiger partial charge in [-0.2, -0.15) is 0 Å². The lowest BCUT2D eigenvalue weighted by atomic mass is 10.2. The van der Waals surface area contributed by atoms with Gasteiger partial charge in [-0.15, -0.1) is 5.10 Å². The van der Waals surface area contributed by atoms with E-state index in [0.717, 1.165) is 0 Å². The normalized spacial score (nSPS) is 14.8. The van der Waals surface area contributed by atoms with Crippen LogP contribution in [0.3, 0.4) is 0 Å². The Morgan fingerprint density at radius 1 is 1.47 bits per heavy atom. The number of carbonyl (C=O) groups excluding carboxylic acids is 1. The van der Waals surface area contributed by atoms with E-state index < -0.39 is 5.97 Å². The smallest absolute Gasteiger partial charge is 0.358 e. The van der Waals surface area contributed by atoms with Crippen LogP contribution in [0.1, 0.15) is 16.2 Å². The fraction of sp³-hybridized carbons (Fsp3) is 0.600. The van der Waals surface area contributed by atoms with Crippen LogP contribution in [0.25, 0.3) is 0 Å². The Kier molecular flexibility index (Phi) is 3.95. The lowest BCUT2D eigenvalue weighted by Crippen LogP contribution is -2.31. The number of amides is 2. The Morgan fingerprint density at radius 2 is 2.26 bits per heavy atom. The zero-order valence-electron chi connectivity index (χ0n) is 10.4. The van der Waals surface area contributed by atoms with Crippen molar-refractivity contribution in [3.63, 3.8) is 0 Å². The number of aromatic nitrogens is 3. The maximum Gasteiger partial charge on any atom is 0.358 e. The highest BCUT2D eigenvalue weighted by atomic mass is 16.4. The first-order chi connectivity index (χ1) is 9.13. The van der Waals surface area contributed by atoms with Crippen LogP contribution in [0.4, 0.5) is 4.79 Å². The summed E-state index contributed by atoms with van der Waals surface area (Å²) in [7, 11) is 0. The zero-order valence-corrected chi connectivity index (χ0v) is 10.4. The van der Waals surface area contributed by atoms with Crippen LogP contribution < -0.4 is 11.1 Å². The molecule has 0 radical (unpaired) electrons. The van der Waals surface area contributed by atoms with E-state index >= 15 is 0 Å². The molecule has 1 aliphatic rings. The summed E-state index contributed by atoms with van der Waals surface area (Å²) in [6.45, 7) is 2.46. The maximum atomic E-state index is 11.4. The third-order valence-electron chi connectivity index (χ3n) is 2.95. The molecule has 2 amide bonds. The molecule has 9 heteroatoms. The van der Waals surface area contributed by atoms with Crippen molar-refractivity contribution in [3.8, 4) is 0 Å². The third kappa shape index (κ3) is 2.81. The fourth-order valence-electron chi connectivity index (χ4n) is 2.00. The van der Waals surface area contributed by atoms with Gasteiger partial charge in [-0.3, -0.25) is 0 Å². The summed E-state index contributed by atoms with van der Waals surface area (Å²) in [5.74, 6) is -1.12. The number of nitrogens with two attached hydrogens (primary N) is 1. The number of carboxylic acid groups (broad SMARTS) is 1. The first-order valence-electron chi connectivity index (χ1n) is 6.02. The van der Waals surface area contributed by atoms with E-state index in [1.165, 1.54) is 4.68 Å². The lowest BCUT2D eigenvalue weighted by Gasteiger charge is -2.14. The van der Waals surface area contributed by atoms with E-state index in [0.29, 0.717) is 44.8 Å². The molecule has 0 bridgehead atoms. The molecule has 9 nitrogen and oxygen atoms in total. The maximum absolute atomic E-state index is 11.4. The molecule has 0 atom stereocenters. The van der Waals surface area contributed by atoms with Crippen LogP contribution >= 0.6 is 0 Å². The molecule has 0 aliphatic carbocycles. The highest BCUT2D eigenvalue weighted by molar-refractivity contribution is 5.86. The summed E-state index contributed by atoms with van der Waals surface area (Å²) >= 11 is 0. The molecule has 104 valence electrons. The number of nitrogens with zero attached hydrogens (tertiary/aromatic N) is 4. The predicted molar refractivity (Wildman–Crippen MR) is 64.7 cm³/mol. The minimum atomic E-state index is -1.12. The summed E-state index contributed by atoms with van der Waals surface area (Å²) in [4.78, 5) is 24.0. The largest absolute Gasteiger partial charge is 0.476 e. The van der Waals surface area contributed by atoms with Crippen molar-refractivity contribution >= 4 is 12.0 Å². The standard InChI is InChI=1S/C10H16N6O3/c11-2-1-7-8(9(17)18)13-14-16(7)6-5-15-4-3-12-10(15)19/h1-6,11H2,(H,12,19)(H,17,18). The number of hydrogen-bond donors (Lipinski definition) is 3. The number of hydrogen-bond acceptors (Lipinski definition) is 5. The van der Waals surface area contributed by atoms with Gasteiger partial charge in [0.25, 0.3) is 0 Å². The monoisotopic (exact) mass is 268 g/mol. The summed E-state index contributed by atoms with van der Waals surface area (Å²) in [6.07, 6.45) is 0.390. The van der Waals surface area contributed by atoms with E-state index in [2.05, 4.69) is 15.6 Å². The minimum Gasteiger partial charge on any atom is -0.476 e. The SMILES string of the molecule is NCCc1c(C(=O)O)nnn1CCN1CCNC1=O. The van der Waals surface area contributed by atoms with Crippen LogP contribution in [0.15, 0.2) is 0 Å². The number of urea groups is 1. The molecule has 2 heterocycles. The molecule has 2 rings (SSSR count). The molecule has 4 N–H and O–H groups in total. The van der Waals surface area contributed by atoms with Gasteiger partial charge >= 0.3 is 12.0 Å². The Labute approximate surface area is 109 Å². The quantitative estimate of drug-likeness (QED) is 0.576. The van der Waals surface area contributed by atoms with Crippen molar-refractivity contribution in [2.45, 2.75) is 13.0 Å². The van der Waals surface area contributed by atoms with E-state index in [9.17, 15) is 9.59 Å². The fourth-order valence-corrected chi connectivity index (χ4v) is 2.00. The average molecular weight is 268 g/mol. The summed E-state index contributed by atoms with van der Waals surface area (Å²) < 4.78 is 1.50. The van der Waals surface area contributed by atoms with Gasteiger partial charge in [0.2, 0.25) is 0 Å². The molecule has 1 aromatic rings. The van der Waals surface area contributed by atoms with Gasteiger partial charge in [-0.05, 0) is 6.54 Å². The first-order valence-corrected chi connectivity index (χ1v) is 6.02. The van der Waals surface area contributed by atoms with Gasteiger partial charge in [0.15, 0.2) is 5.69 Å². The van der Waals surface area contributed by atoms with Crippen LogP contribution in [0.2, 0.25) is 0 Å². The van der Waals surface area contributed by atoms with Crippen LogP contribution in [-0.4, -0.2) is 63.2 Å². The minimum absolute atomic E-state index is 0.0728. The molecule has 0 unspecified atom stereocenters. The highest BCUT2D eigenvalue weighted by Gasteiger charge is 2.21. The second kappa shape index (κ2) is 5.65. The second-order valence-corrected chi connectivity index (χ2v) is 4.17. The lowest BCUT2D eigenvalue weighted by molar-refractivity contribution is 0.0689. The van der Waals surface area contributed by atoms with E-state index in [-0.39, 0.29) is 11.7 Å². The number of carboxylic acids is 1. The van der Waals surface area contributed by atoms with Crippen molar-refractivity contribution in [1.82, 2.24) is 25.2 Å². The Hall–Kier alpha value is -2.16. The Bertz CT molecular complexity index is 486. The topological polar surface area (TPSA) is 126 Å². The van der Waals surface area contributed by atoms with Gasteiger partial charge in [-0.1, -0.05) is 5.21 Å². The zero-order chi connectivity index (χ0) is 13.8. The number of carbonyl (C=O) groups is 2. The van der Waals surface area contributed by atoms with Crippen LogP contribution in [-0.2, 0) is 13.0 Å². The van der Waals surface area contributed by atoms with Crippen molar-refractivity contribution in [3.05, 3.63) is 11.4 Å². The number of rotatable bonds is 6. The molecule has 0 spiro atoms. The number of nitrogens with one attached hydrogen (secondary N) is 1. The third-order valence-corrected chi connectivity index (χ3v) is 2.95. The Morgan fingerprint density at radius 3 is 2.84 bits per heavy atom. The van der Waals surface area contributed by atoms with Gasteiger partial charge in [0.05, 0.1) is 12.2 Å². The van der Waals surface area contributed by atoms with Gasteiger partial charge in [0.1, 0.15) is 0 Å². The molecule has 1 aromatic heterocycles. The van der Waals surface area contributed by atoms with Gasteiger partial charge in [-0.25, -0.2) is 14.3 Å². The van der Waals surface area contributed by atoms with E-state index in [1.807, 2.05) is 0 Å². The van der Waals surface area contributed by atoms with Crippen molar-refractivity contribution in [2.24, 2.45) is 5.73 Å². The van der Waals surface area contributed by atoms with Gasteiger partial charge in [0, 0.05) is 26.1 Å². The average Bonchev–Trinajstić information content (AvgIpc) is 2.94. The Balaban J connectivity index is 2.07. The van der Waals surface area contributed by atoms with Crippen molar-refractivity contribution in [2.75, 3.05) is 26.2 Å². The van der Waals surface area contributed by atoms with Crippen LogP contribution in [0, 0.1) is 0 Å². The van der Waals surface area contributed by atoms with Crippen molar-refractivity contribution in [1.29, 1.82) is 0 Å². The molecule has 0 saturated carbocycles. The molecular weight excluding hydrogens is 252 g/mol. The highest BCUT2D eigenvalue weighted by Crippen LogP contribution is 2.07. The predicted octanol–water partition coefficient (Wildman–Crippen LogP) is -1.50. The van der Waals surface area contributed by atoms with Crippen molar-refractivity contribution < 1.29 is 14.7 Å². The van der Waals surface area contributed by atoms with Crippen LogP contribution in [0.5, 0.6) is 0 Å². The molecule has 1 saturated heterocycles.